The first kappa shape index (κ1) is 10.0. The molecule has 1 atom stereocenters. The first-order valence-electron chi connectivity index (χ1n) is 3.26. The molecule has 0 radical (unpaired) electrons. The van der Waals surface area contributed by atoms with E-state index in [0.29, 0.717) is 0 Å². The zero-order valence-corrected chi connectivity index (χ0v) is 7.12. The van der Waals surface area contributed by atoms with Crippen LogP contribution in [0.25, 0.3) is 0 Å². The van der Waals surface area contributed by atoms with Crippen LogP contribution in [0.15, 0.2) is 11.4 Å². The lowest BCUT2D eigenvalue weighted by Gasteiger charge is -2.14. The zero-order chi connectivity index (χ0) is 10.1. The summed E-state index contributed by atoms with van der Waals surface area (Å²) in [5.74, 6) is 0. The fourth-order valence-corrected chi connectivity index (χ4v) is 1.57. The third-order valence-corrected chi connectivity index (χ3v) is 2.32. The molecule has 1 heterocycles. The van der Waals surface area contributed by atoms with Crippen molar-refractivity contribution in [3.05, 3.63) is 21.9 Å². The first-order valence-corrected chi connectivity index (χ1v) is 4.14. The van der Waals surface area contributed by atoms with Crippen molar-refractivity contribution in [2.45, 2.75) is 12.2 Å². The van der Waals surface area contributed by atoms with Crippen molar-refractivity contribution < 1.29 is 13.2 Å². The van der Waals surface area contributed by atoms with Gasteiger partial charge in [-0.3, -0.25) is 0 Å². The van der Waals surface area contributed by atoms with Crippen molar-refractivity contribution in [2.24, 2.45) is 5.73 Å². The van der Waals surface area contributed by atoms with Crippen LogP contribution in [0.1, 0.15) is 16.5 Å². The number of nitrogens with zero attached hydrogens (tertiary/aromatic N) is 1. The summed E-state index contributed by atoms with van der Waals surface area (Å²) in [6, 6.07) is 0.829. The van der Waals surface area contributed by atoms with Gasteiger partial charge in [0.1, 0.15) is 17.0 Å². The third-order valence-electron chi connectivity index (χ3n) is 1.48. The van der Waals surface area contributed by atoms with Crippen molar-refractivity contribution in [3.63, 3.8) is 0 Å². The Morgan fingerprint density at radius 1 is 1.54 bits per heavy atom. The molecule has 13 heavy (non-hydrogen) atoms. The summed E-state index contributed by atoms with van der Waals surface area (Å²) in [7, 11) is 0. The van der Waals surface area contributed by atoms with Crippen LogP contribution in [0.5, 0.6) is 0 Å². The molecule has 1 unspecified atom stereocenters. The molecule has 2 N–H and O–H groups in total. The number of hydrogen-bond acceptors (Lipinski definition) is 3. The minimum atomic E-state index is -4.49. The van der Waals surface area contributed by atoms with E-state index in [1.54, 1.807) is 6.07 Å². The Kier molecular flexibility index (Phi) is 2.59. The van der Waals surface area contributed by atoms with Gasteiger partial charge in [0.25, 0.3) is 0 Å². The summed E-state index contributed by atoms with van der Waals surface area (Å²) < 4.78 is 36.3. The van der Waals surface area contributed by atoms with Crippen molar-refractivity contribution >= 4 is 11.3 Å². The predicted octanol–water partition coefficient (Wildman–Crippen LogP) is 2.18. The van der Waals surface area contributed by atoms with Gasteiger partial charge >= 0.3 is 6.18 Å². The fourth-order valence-electron chi connectivity index (χ4n) is 0.831. The summed E-state index contributed by atoms with van der Waals surface area (Å²) in [5.41, 5.74) is 4.77. The highest BCUT2D eigenvalue weighted by molar-refractivity contribution is 7.10. The molecule has 0 fully saturated rings. The molecule has 1 aromatic rings. The molecule has 0 saturated heterocycles. The average molecular weight is 206 g/mol. The van der Waals surface area contributed by atoms with E-state index < -0.39 is 12.2 Å². The number of alkyl halides is 3. The number of nitrogens with two attached hydrogens (primary N) is 1. The topological polar surface area (TPSA) is 49.8 Å². The Morgan fingerprint density at radius 3 is 2.62 bits per heavy atom. The zero-order valence-electron chi connectivity index (χ0n) is 6.30. The van der Waals surface area contributed by atoms with Crippen LogP contribution >= 0.6 is 11.3 Å². The highest BCUT2D eigenvalue weighted by atomic mass is 32.1. The van der Waals surface area contributed by atoms with E-state index in [4.69, 9.17) is 11.0 Å². The Bertz CT molecular complexity index is 336. The molecule has 1 aromatic heterocycles. The molecule has 0 spiro atoms. The van der Waals surface area contributed by atoms with Gasteiger partial charge in [0.05, 0.1) is 0 Å². The maximum Gasteiger partial charge on any atom is 0.407 e. The van der Waals surface area contributed by atoms with Crippen LogP contribution in [0.4, 0.5) is 13.2 Å². The van der Waals surface area contributed by atoms with Gasteiger partial charge in [-0.05, 0) is 11.4 Å². The van der Waals surface area contributed by atoms with Crippen LogP contribution in [-0.2, 0) is 0 Å². The molecule has 0 amide bonds. The smallest absolute Gasteiger partial charge is 0.316 e. The number of rotatable bonds is 1. The molecule has 70 valence electrons. The second kappa shape index (κ2) is 3.36. The van der Waals surface area contributed by atoms with Gasteiger partial charge in [-0.1, -0.05) is 0 Å². The van der Waals surface area contributed by atoms with E-state index in [-0.39, 0.29) is 10.4 Å². The number of halogens is 3. The summed E-state index contributed by atoms with van der Waals surface area (Å²) in [6.45, 7) is 0. The van der Waals surface area contributed by atoms with Gasteiger partial charge < -0.3 is 5.73 Å². The minimum absolute atomic E-state index is 0.0184. The Balaban J connectivity index is 3.03. The summed E-state index contributed by atoms with van der Waals surface area (Å²) in [6.07, 6.45) is -4.49. The molecular formula is C7H5F3N2S. The summed E-state index contributed by atoms with van der Waals surface area (Å²) >= 11 is 0.953. The second-order valence-electron chi connectivity index (χ2n) is 2.34. The van der Waals surface area contributed by atoms with Crippen molar-refractivity contribution in [3.8, 4) is 6.07 Å². The first-order chi connectivity index (χ1) is 5.96. The quantitative estimate of drug-likeness (QED) is 0.765. The highest BCUT2D eigenvalue weighted by Gasteiger charge is 2.39. The van der Waals surface area contributed by atoms with Gasteiger partial charge in [-0.15, -0.1) is 11.3 Å². The van der Waals surface area contributed by atoms with Crippen molar-refractivity contribution in [2.75, 3.05) is 0 Å². The lowest BCUT2D eigenvalue weighted by Crippen LogP contribution is -2.28. The maximum absolute atomic E-state index is 12.1. The summed E-state index contributed by atoms with van der Waals surface area (Å²) in [4.78, 5) is 0.0184. The normalized spacial score (nSPS) is 13.8. The van der Waals surface area contributed by atoms with E-state index in [0.717, 1.165) is 11.3 Å². The highest BCUT2D eigenvalue weighted by Crippen LogP contribution is 2.33. The molecule has 1 rings (SSSR count). The molecular weight excluding hydrogens is 201 g/mol. The lowest BCUT2D eigenvalue weighted by atomic mass is 10.1. The van der Waals surface area contributed by atoms with E-state index >= 15 is 0 Å². The molecule has 0 aliphatic carbocycles. The molecule has 0 aromatic carbocycles. The van der Waals surface area contributed by atoms with Crippen LogP contribution in [0.2, 0.25) is 0 Å². The van der Waals surface area contributed by atoms with E-state index in [2.05, 4.69) is 0 Å². The maximum atomic E-state index is 12.1. The Labute approximate surface area is 76.4 Å². The number of nitriles is 1. The van der Waals surface area contributed by atoms with Gasteiger partial charge in [-0.25, -0.2) is 0 Å². The van der Waals surface area contributed by atoms with Crippen LogP contribution < -0.4 is 5.73 Å². The van der Waals surface area contributed by atoms with Crippen LogP contribution in [0, 0.1) is 11.3 Å². The molecule has 0 aliphatic rings. The Morgan fingerprint density at radius 2 is 2.15 bits per heavy atom. The third kappa shape index (κ3) is 1.99. The number of hydrogen-bond donors (Lipinski definition) is 1. The fraction of sp³-hybridized carbons (Fsp3) is 0.286. The number of thiophene rings is 1. The summed E-state index contributed by atoms with van der Waals surface area (Å²) in [5, 5.41) is 9.88. The largest absolute Gasteiger partial charge is 0.407 e. The molecule has 0 aliphatic heterocycles. The molecule has 0 saturated carbocycles. The van der Waals surface area contributed by atoms with Crippen LogP contribution in [-0.4, -0.2) is 6.18 Å². The predicted molar refractivity (Wildman–Crippen MR) is 42.0 cm³/mol. The van der Waals surface area contributed by atoms with Gasteiger partial charge in [0.15, 0.2) is 0 Å². The van der Waals surface area contributed by atoms with Crippen LogP contribution in [0.3, 0.4) is 0 Å². The average Bonchev–Trinajstić information content (AvgIpc) is 2.48. The molecule has 6 heteroatoms. The van der Waals surface area contributed by atoms with Gasteiger partial charge in [-0.2, -0.15) is 18.4 Å². The van der Waals surface area contributed by atoms with Gasteiger partial charge in [0.2, 0.25) is 0 Å². The van der Waals surface area contributed by atoms with Gasteiger partial charge in [0, 0.05) is 5.56 Å². The lowest BCUT2D eigenvalue weighted by molar-refractivity contribution is -0.149. The van der Waals surface area contributed by atoms with E-state index in [1.165, 1.54) is 11.4 Å². The van der Waals surface area contributed by atoms with Crippen molar-refractivity contribution in [1.29, 1.82) is 5.26 Å². The monoisotopic (exact) mass is 206 g/mol. The SMILES string of the molecule is N#Cc1sccc1C(N)C(F)(F)F. The molecule has 2 nitrogen and oxygen atoms in total. The van der Waals surface area contributed by atoms with E-state index in [9.17, 15) is 13.2 Å². The standard InChI is InChI=1S/C7H5F3N2S/c8-7(9,10)6(12)4-1-2-13-5(4)3-11/h1-2,6H,12H2. The Hall–Kier alpha value is -1.06. The van der Waals surface area contributed by atoms with E-state index in [1.807, 2.05) is 0 Å². The molecule has 0 bridgehead atoms. The minimum Gasteiger partial charge on any atom is -0.316 e. The second-order valence-corrected chi connectivity index (χ2v) is 3.25. The van der Waals surface area contributed by atoms with Crippen molar-refractivity contribution in [1.82, 2.24) is 0 Å².